The zero-order valence-corrected chi connectivity index (χ0v) is 17.5. The minimum atomic E-state index is -1.11. The van der Waals surface area contributed by atoms with Gasteiger partial charge in [0.25, 0.3) is 0 Å². The third kappa shape index (κ3) is 3.33. The van der Waals surface area contributed by atoms with Crippen molar-refractivity contribution in [1.82, 2.24) is 9.78 Å². The van der Waals surface area contributed by atoms with E-state index in [9.17, 15) is 14.3 Å². The monoisotopic (exact) mass is 416 g/mol. The van der Waals surface area contributed by atoms with Gasteiger partial charge in [-0.15, -0.1) is 0 Å². The largest absolute Gasteiger partial charge is 0.381 e. The van der Waals surface area contributed by atoms with E-state index in [4.69, 9.17) is 0 Å². The third-order valence-electron chi connectivity index (χ3n) is 7.00. The van der Waals surface area contributed by atoms with E-state index in [0.29, 0.717) is 12.0 Å². The summed E-state index contributed by atoms with van der Waals surface area (Å²) in [6.45, 7) is 2.15. The minimum Gasteiger partial charge on any atom is -0.381 e. The Bertz CT molecular complexity index is 1150. The molecule has 1 aromatic heterocycles. The molecule has 5 rings (SSSR count). The number of nitrogens with zero attached hydrogens (tertiary/aromatic N) is 2. The molecule has 3 aromatic rings. The topological polar surface area (TPSA) is 55.1 Å². The number of Topliss-reactive ketones (excluding diaryl/α,β-unsaturated/α-hetero) is 1. The van der Waals surface area contributed by atoms with E-state index in [1.54, 1.807) is 24.3 Å². The Balaban J connectivity index is 1.49. The summed E-state index contributed by atoms with van der Waals surface area (Å²) in [5, 5.41) is 15.4. The quantitative estimate of drug-likeness (QED) is 0.647. The number of aliphatic hydroxyl groups is 1. The van der Waals surface area contributed by atoms with Crippen LogP contribution in [0.25, 0.3) is 11.8 Å². The Morgan fingerprint density at radius 2 is 1.94 bits per heavy atom. The Hall–Kier alpha value is -3.05. The maximum absolute atomic E-state index is 13.4. The van der Waals surface area contributed by atoms with Crippen molar-refractivity contribution in [3.05, 3.63) is 89.0 Å². The number of fused-ring (bicyclic) bond motifs is 2. The number of carbonyl (C=O) groups is 1. The number of carbonyl (C=O) groups excluding carboxylic acids is 1. The van der Waals surface area contributed by atoms with E-state index in [-0.39, 0.29) is 22.9 Å². The van der Waals surface area contributed by atoms with Gasteiger partial charge < -0.3 is 5.11 Å². The average Bonchev–Trinajstić information content (AvgIpc) is 3.19. The van der Waals surface area contributed by atoms with Crippen molar-refractivity contribution in [3.63, 3.8) is 0 Å². The second-order valence-electron chi connectivity index (χ2n) is 8.87. The molecule has 158 valence electrons. The summed E-state index contributed by atoms with van der Waals surface area (Å²) in [7, 11) is 0. The summed E-state index contributed by atoms with van der Waals surface area (Å²) >= 11 is 0. The molecule has 31 heavy (non-hydrogen) atoms. The van der Waals surface area contributed by atoms with Crippen molar-refractivity contribution in [2.24, 2.45) is 11.3 Å². The van der Waals surface area contributed by atoms with Crippen molar-refractivity contribution >= 4 is 11.9 Å². The first-order valence-corrected chi connectivity index (χ1v) is 10.8. The van der Waals surface area contributed by atoms with Crippen molar-refractivity contribution in [1.29, 1.82) is 0 Å². The average molecular weight is 416 g/mol. The molecule has 1 saturated carbocycles. The summed E-state index contributed by atoms with van der Waals surface area (Å²) in [5.41, 5.74) is 4.42. The van der Waals surface area contributed by atoms with Crippen LogP contribution < -0.4 is 0 Å². The predicted octanol–water partition coefficient (Wildman–Crippen LogP) is 5.06. The van der Waals surface area contributed by atoms with Crippen LogP contribution in [0.5, 0.6) is 0 Å². The highest BCUT2D eigenvalue weighted by Gasteiger charge is 2.47. The van der Waals surface area contributed by atoms with Crippen LogP contribution in [0.2, 0.25) is 0 Å². The zero-order chi connectivity index (χ0) is 21.6. The lowest BCUT2D eigenvalue weighted by Crippen LogP contribution is -2.43. The molecule has 4 nitrogen and oxygen atoms in total. The Labute approximate surface area is 181 Å². The number of aromatic nitrogens is 2. The molecule has 0 saturated heterocycles. The van der Waals surface area contributed by atoms with Gasteiger partial charge in [0.15, 0.2) is 5.78 Å². The second-order valence-corrected chi connectivity index (χ2v) is 8.87. The lowest BCUT2D eigenvalue weighted by atomic mass is 9.58. The van der Waals surface area contributed by atoms with Gasteiger partial charge in [-0.1, -0.05) is 42.8 Å². The number of rotatable bonds is 4. The molecule has 2 aliphatic rings. The van der Waals surface area contributed by atoms with Gasteiger partial charge in [0.1, 0.15) is 11.9 Å². The van der Waals surface area contributed by atoms with Crippen LogP contribution in [-0.4, -0.2) is 20.7 Å². The van der Waals surface area contributed by atoms with Gasteiger partial charge in [-0.05, 0) is 67.2 Å². The summed E-state index contributed by atoms with van der Waals surface area (Å²) in [4.78, 5) is 13.4. The van der Waals surface area contributed by atoms with Gasteiger partial charge in [0.05, 0.1) is 17.6 Å². The van der Waals surface area contributed by atoms with Crippen LogP contribution in [0.15, 0.2) is 66.4 Å². The van der Waals surface area contributed by atoms with Gasteiger partial charge in [-0.2, -0.15) is 5.10 Å². The van der Waals surface area contributed by atoms with Crippen molar-refractivity contribution < 1.29 is 14.3 Å². The molecular weight excluding hydrogens is 391 g/mol. The molecule has 2 aliphatic carbocycles. The summed E-state index contributed by atoms with van der Waals surface area (Å²) < 4.78 is 15.2. The molecule has 1 fully saturated rings. The first-order valence-electron chi connectivity index (χ1n) is 10.8. The maximum atomic E-state index is 13.4. The van der Waals surface area contributed by atoms with Crippen LogP contribution in [0, 0.1) is 17.2 Å². The molecule has 1 unspecified atom stereocenters. The minimum absolute atomic E-state index is 0.103. The number of halogens is 1. The highest BCUT2D eigenvalue weighted by atomic mass is 19.1. The van der Waals surface area contributed by atoms with Gasteiger partial charge in [-0.25, -0.2) is 9.07 Å². The standard InChI is InChI=1S/C26H25FN2O2/c1-26-15-18-16-28-29(21-12-10-20(27)11-13-21)23(18)14-19(26)8-5-9-22(26)25(31)24(30)17-6-3-2-4-7-17/h2-4,6-7,10-14,16,22,24,30H,5,8-9,15H2,1H3/t22-,24?,26+/m1/s1. The van der Waals surface area contributed by atoms with E-state index < -0.39 is 6.10 Å². The molecule has 0 radical (unpaired) electrons. The normalized spacial score (nSPS) is 23.5. The van der Waals surface area contributed by atoms with Crippen LogP contribution in [0.1, 0.15) is 49.1 Å². The van der Waals surface area contributed by atoms with Crippen molar-refractivity contribution in [2.75, 3.05) is 0 Å². The first-order chi connectivity index (χ1) is 15.0. The van der Waals surface area contributed by atoms with E-state index >= 15 is 0 Å². The number of hydrogen-bond acceptors (Lipinski definition) is 3. The van der Waals surface area contributed by atoms with Crippen molar-refractivity contribution in [3.8, 4) is 5.69 Å². The van der Waals surface area contributed by atoms with Gasteiger partial charge >= 0.3 is 0 Å². The first kappa shape index (κ1) is 19.9. The molecule has 2 aromatic carbocycles. The Morgan fingerprint density at radius 1 is 1.19 bits per heavy atom. The Kier molecular flexibility index (Phi) is 4.86. The van der Waals surface area contributed by atoms with Crippen LogP contribution >= 0.6 is 0 Å². The lowest BCUT2D eigenvalue weighted by Gasteiger charge is -2.45. The molecule has 0 aliphatic heterocycles. The van der Waals surface area contributed by atoms with Gasteiger partial charge in [-0.3, -0.25) is 4.79 Å². The summed E-state index contributed by atoms with van der Waals surface area (Å²) in [6.07, 6.45) is 6.22. The summed E-state index contributed by atoms with van der Waals surface area (Å²) in [5.74, 6) is -0.625. The zero-order valence-electron chi connectivity index (χ0n) is 17.5. The number of benzene rings is 2. The maximum Gasteiger partial charge on any atom is 0.169 e. The van der Waals surface area contributed by atoms with Gasteiger partial charge in [0, 0.05) is 11.3 Å². The predicted molar refractivity (Wildman–Crippen MR) is 117 cm³/mol. The summed E-state index contributed by atoms with van der Waals surface area (Å²) in [6, 6.07) is 15.5. The number of allylic oxidation sites excluding steroid dienone is 1. The second kappa shape index (κ2) is 7.57. The van der Waals surface area contributed by atoms with Crippen LogP contribution in [0.4, 0.5) is 4.39 Å². The fraction of sp³-hybridized carbons (Fsp3) is 0.308. The molecule has 3 atom stereocenters. The smallest absolute Gasteiger partial charge is 0.169 e. The Morgan fingerprint density at radius 3 is 2.68 bits per heavy atom. The molecular formula is C26H25FN2O2. The third-order valence-corrected chi connectivity index (χ3v) is 7.00. The molecule has 0 spiro atoms. The SMILES string of the molecule is C[C@]12Cc3cnn(-c4ccc(F)cc4)c3C=C1CCC[C@@H]2C(=O)C(O)c1ccccc1. The number of hydrogen-bond donors (Lipinski definition) is 1. The highest BCUT2D eigenvalue weighted by Crippen LogP contribution is 2.52. The number of aliphatic hydroxyl groups excluding tert-OH is 1. The van der Waals surface area contributed by atoms with E-state index in [0.717, 1.165) is 36.2 Å². The molecule has 0 bridgehead atoms. The fourth-order valence-corrected chi connectivity index (χ4v) is 5.28. The molecule has 5 heteroatoms. The van der Waals surface area contributed by atoms with Crippen LogP contribution in [-0.2, 0) is 11.2 Å². The fourth-order valence-electron chi connectivity index (χ4n) is 5.28. The van der Waals surface area contributed by atoms with E-state index in [1.807, 2.05) is 29.1 Å². The van der Waals surface area contributed by atoms with E-state index in [1.165, 1.54) is 17.7 Å². The lowest BCUT2D eigenvalue weighted by molar-refractivity contribution is -0.135. The van der Waals surface area contributed by atoms with Crippen LogP contribution in [0.3, 0.4) is 0 Å². The molecule has 0 amide bonds. The molecule has 1 N–H and O–H groups in total. The highest BCUT2D eigenvalue weighted by molar-refractivity contribution is 5.88. The molecule has 1 heterocycles. The van der Waals surface area contributed by atoms with E-state index in [2.05, 4.69) is 18.1 Å². The van der Waals surface area contributed by atoms with Gasteiger partial charge in [0.2, 0.25) is 0 Å². The van der Waals surface area contributed by atoms with Crippen molar-refractivity contribution in [2.45, 2.75) is 38.7 Å². The number of ketones is 1.